The molecule has 0 radical (unpaired) electrons. The Balaban J connectivity index is 2.11. The molecule has 8 heteroatoms. The van der Waals surface area contributed by atoms with Gasteiger partial charge in [-0.05, 0) is 32.4 Å². The third kappa shape index (κ3) is 4.56. The summed E-state index contributed by atoms with van der Waals surface area (Å²) in [5.74, 6) is 0. The zero-order chi connectivity index (χ0) is 17.2. The van der Waals surface area contributed by atoms with E-state index in [0.29, 0.717) is 19.6 Å². The molecule has 1 fully saturated rings. The first-order chi connectivity index (χ1) is 10.7. The molecule has 1 saturated heterocycles. The second-order valence-corrected chi connectivity index (χ2v) is 6.81. The normalized spacial score (nSPS) is 18.6. The van der Waals surface area contributed by atoms with Crippen LogP contribution in [0.4, 0.5) is 10.5 Å². The Kier molecular flexibility index (Phi) is 5.11. The second kappa shape index (κ2) is 6.72. The van der Waals surface area contributed by atoms with Gasteiger partial charge in [-0.3, -0.25) is 10.1 Å². The summed E-state index contributed by atoms with van der Waals surface area (Å²) in [6, 6.07) is 4.46. The fourth-order valence-corrected chi connectivity index (χ4v) is 2.61. The lowest BCUT2D eigenvalue weighted by atomic mass is 10.0. The summed E-state index contributed by atoms with van der Waals surface area (Å²) in [5.41, 5.74) is 0.123. The lowest BCUT2D eigenvalue weighted by molar-refractivity contribution is -0.384. The van der Waals surface area contributed by atoms with Gasteiger partial charge in [0.1, 0.15) is 10.6 Å². The van der Waals surface area contributed by atoms with Gasteiger partial charge in [-0.1, -0.05) is 17.7 Å². The van der Waals surface area contributed by atoms with Crippen LogP contribution in [0.3, 0.4) is 0 Å². The molecule has 0 saturated carbocycles. The number of benzene rings is 1. The second-order valence-electron chi connectivity index (χ2n) is 6.40. The Bertz CT molecular complexity index is 615. The molecule has 1 atom stereocenters. The summed E-state index contributed by atoms with van der Waals surface area (Å²) < 4.78 is 5.38. The molecule has 1 aliphatic heterocycles. The van der Waals surface area contributed by atoms with Gasteiger partial charge in [0, 0.05) is 25.7 Å². The predicted octanol–water partition coefficient (Wildman–Crippen LogP) is 3.13. The van der Waals surface area contributed by atoms with Gasteiger partial charge < -0.3 is 15.0 Å². The van der Waals surface area contributed by atoms with Crippen molar-refractivity contribution in [1.82, 2.24) is 10.2 Å². The monoisotopic (exact) mass is 341 g/mol. The smallest absolute Gasteiger partial charge is 0.410 e. The molecule has 1 heterocycles. The number of nitrogens with zero attached hydrogens (tertiary/aromatic N) is 2. The first-order valence-corrected chi connectivity index (χ1v) is 7.70. The van der Waals surface area contributed by atoms with E-state index < -0.39 is 10.5 Å². The number of halogens is 1. The van der Waals surface area contributed by atoms with Crippen LogP contribution in [0.15, 0.2) is 18.2 Å². The van der Waals surface area contributed by atoms with Crippen molar-refractivity contribution < 1.29 is 14.5 Å². The number of hydrogen-bond donors (Lipinski definition) is 1. The quantitative estimate of drug-likeness (QED) is 0.660. The number of amides is 1. The molecule has 1 aliphatic rings. The highest BCUT2D eigenvalue weighted by atomic mass is 35.5. The van der Waals surface area contributed by atoms with Crippen molar-refractivity contribution >= 4 is 23.4 Å². The maximum atomic E-state index is 12.2. The Morgan fingerprint density at radius 2 is 2.17 bits per heavy atom. The average molecular weight is 342 g/mol. The average Bonchev–Trinajstić information content (AvgIpc) is 2.45. The van der Waals surface area contributed by atoms with Gasteiger partial charge in [0.2, 0.25) is 0 Å². The van der Waals surface area contributed by atoms with E-state index in [4.69, 9.17) is 16.3 Å². The number of nitro groups is 1. The van der Waals surface area contributed by atoms with E-state index in [9.17, 15) is 14.9 Å². The minimum atomic E-state index is -0.547. The zero-order valence-electron chi connectivity index (χ0n) is 13.3. The van der Waals surface area contributed by atoms with Crippen LogP contribution in [0.25, 0.3) is 0 Å². The van der Waals surface area contributed by atoms with Gasteiger partial charge >= 0.3 is 6.09 Å². The minimum absolute atomic E-state index is 0.0868. The Morgan fingerprint density at radius 3 is 2.74 bits per heavy atom. The van der Waals surface area contributed by atoms with Crippen LogP contribution in [0.5, 0.6) is 0 Å². The molecule has 1 N–H and O–H groups in total. The van der Waals surface area contributed by atoms with E-state index in [-0.39, 0.29) is 22.8 Å². The van der Waals surface area contributed by atoms with Gasteiger partial charge in [-0.25, -0.2) is 4.79 Å². The largest absolute Gasteiger partial charge is 0.444 e. The SMILES string of the molecule is CC(C)(C)OC(=O)N1CCNC(c2ccc([N+](=O)[O-])c(Cl)c2)C1. The minimum Gasteiger partial charge on any atom is -0.444 e. The van der Waals surface area contributed by atoms with E-state index in [1.54, 1.807) is 17.0 Å². The van der Waals surface area contributed by atoms with Crippen molar-refractivity contribution in [2.45, 2.75) is 32.4 Å². The summed E-state index contributed by atoms with van der Waals surface area (Å²) in [6.45, 7) is 7.04. The Morgan fingerprint density at radius 1 is 1.48 bits per heavy atom. The zero-order valence-corrected chi connectivity index (χ0v) is 14.1. The third-order valence-corrected chi connectivity index (χ3v) is 3.70. The Hall–Kier alpha value is -1.86. The topological polar surface area (TPSA) is 84.7 Å². The Labute approximate surface area is 139 Å². The standard InChI is InChI=1S/C15H20ClN3O4/c1-15(2,3)23-14(20)18-7-6-17-12(9-18)10-4-5-13(19(21)22)11(16)8-10/h4-5,8,12,17H,6-7,9H2,1-3H3. The number of carbonyl (C=O) groups excluding carboxylic acids is 1. The first kappa shape index (κ1) is 17.5. The summed E-state index contributed by atoms with van der Waals surface area (Å²) in [6.07, 6.45) is -0.364. The lowest BCUT2D eigenvalue weighted by Crippen LogP contribution is -2.49. The summed E-state index contributed by atoms with van der Waals surface area (Å²) >= 11 is 5.95. The number of piperazine rings is 1. The molecule has 1 amide bonds. The van der Waals surface area contributed by atoms with Gasteiger partial charge in [0.05, 0.1) is 11.0 Å². The van der Waals surface area contributed by atoms with Crippen LogP contribution in [0.2, 0.25) is 5.02 Å². The predicted molar refractivity (Wildman–Crippen MR) is 86.7 cm³/mol. The van der Waals surface area contributed by atoms with Crippen LogP contribution in [0.1, 0.15) is 32.4 Å². The van der Waals surface area contributed by atoms with E-state index in [0.717, 1.165) is 5.56 Å². The molecule has 126 valence electrons. The van der Waals surface area contributed by atoms with Crippen molar-refractivity contribution in [2.24, 2.45) is 0 Å². The maximum Gasteiger partial charge on any atom is 0.410 e. The molecule has 7 nitrogen and oxygen atoms in total. The molecule has 0 aromatic heterocycles. The number of nitrogens with one attached hydrogen (secondary N) is 1. The molecule has 0 aliphatic carbocycles. The summed E-state index contributed by atoms with van der Waals surface area (Å²) in [4.78, 5) is 24.1. The van der Waals surface area contributed by atoms with Gasteiger partial charge in [-0.15, -0.1) is 0 Å². The van der Waals surface area contributed by atoms with E-state index in [1.165, 1.54) is 6.07 Å². The van der Waals surface area contributed by atoms with Crippen LogP contribution in [0, 0.1) is 10.1 Å². The fraction of sp³-hybridized carbons (Fsp3) is 0.533. The lowest BCUT2D eigenvalue weighted by Gasteiger charge is -2.35. The van der Waals surface area contributed by atoms with Crippen LogP contribution in [-0.2, 0) is 4.74 Å². The molecule has 0 bridgehead atoms. The number of rotatable bonds is 2. The maximum absolute atomic E-state index is 12.2. The van der Waals surface area contributed by atoms with E-state index in [1.807, 2.05) is 20.8 Å². The summed E-state index contributed by atoms with van der Waals surface area (Å²) in [7, 11) is 0. The van der Waals surface area contributed by atoms with Crippen molar-refractivity contribution in [3.8, 4) is 0 Å². The van der Waals surface area contributed by atoms with Crippen LogP contribution >= 0.6 is 11.6 Å². The van der Waals surface area contributed by atoms with Gasteiger partial charge in [0.25, 0.3) is 5.69 Å². The van der Waals surface area contributed by atoms with Gasteiger partial charge in [-0.2, -0.15) is 0 Å². The molecule has 2 rings (SSSR count). The number of nitro benzene ring substituents is 1. The highest BCUT2D eigenvalue weighted by molar-refractivity contribution is 6.32. The van der Waals surface area contributed by atoms with E-state index >= 15 is 0 Å². The molecule has 1 unspecified atom stereocenters. The highest BCUT2D eigenvalue weighted by Crippen LogP contribution is 2.28. The molecule has 1 aromatic carbocycles. The number of ether oxygens (including phenoxy) is 1. The molecule has 23 heavy (non-hydrogen) atoms. The van der Waals surface area contributed by atoms with Crippen LogP contribution in [-0.4, -0.2) is 41.2 Å². The van der Waals surface area contributed by atoms with Crippen molar-refractivity contribution in [1.29, 1.82) is 0 Å². The van der Waals surface area contributed by atoms with Crippen molar-refractivity contribution in [3.63, 3.8) is 0 Å². The number of hydrogen-bond acceptors (Lipinski definition) is 5. The van der Waals surface area contributed by atoms with Crippen molar-refractivity contribution in [3.05, 3.63) is 38.9 Å². The van der Waals surface area contributed by atoms with Gasteiger partial charge in [0.15, 0.2) is 0 Å². The molecular weight excluding hydrogens is 322 g/mol. The molecule has 0 spiro atoms. The summed E-state index contributed by atoms with van der Waals surface area (Å²) in [5, 5.41) is 14.2. The number of carbonyl (C=O) groups is 1. The van der Waals surface area contributed by atoms with E-state index in [2.05, 4.69) is 5.32 Å². The molecule has 1 aromatic rings. The third-order valence-electron chi connectivity index (χ3n) is 3.40. The highest BCUT2D eigenvalue weighted by Gasteiger charge is 2.28. The molecular formula is C15H20ClN3O4. The fourth-order valence-electron chi connectivity index (χ4n) is 2.35. The van der Waals surface area contributed by atoms with Crippen LogP contribution < -0.4 is 5.32 Å². The van der Waals surface area contributed by atoms with Crippen molar-refractivity contribution in [2.75, 3.05) is 19.6 Å². The first-order valence-electron chi connectivity index (χ1n) is 7.32.